The third kappa shape index (κ3) is 3.99. The highest BCUT2D eigenvalue weighted by Gasteiger charge is 2.40. The van der Waals surface area contributed by atoms with Gasteiger partial charge >= 0.3 is 0 Å². The molecule has 0 bridgehead atoms. The van der Waals surface area contributed by atoms with Crippen LogP contribution in [0.25, 0.3) is 10.8 Å². The molecule has 3 amide bonds. The molecule has 0 radical (unpaired) electrons. The van der Waals surface area contributed by atoms with Crippen molar-refractivity contribution in [1.82, 2.24) is 20.1 Å². The number of carbonyl (C=O) groups is 3. The van der Waals surface area contributed by atoms with Crippen LogP contribution in [0.15, 0.2) is 48.8 Å². The van der Waals surface area contributed by atoms with Gasteiger partial charge < -0.3 is 9.80 Å². The fourth-order valence-corrected chi connectivity index (χ4v) is 5.51. The third-order valence-electron chi connectivity index (χ3n) is 7.45. The fourth-order valence-electron chi connectivity index (χ4n) is 5.51. The molecule has 9 heteroatoms. The number of halogens is 1. The molecular formula is C27H26FN5O3. The zero-order valence-corrected chi connectivity index (χ0v) is 19.7. The second-order valence-electron chi connectivity index (χ2n) is 9.64. The lowest BCUT2D eigenvalue weighted by Crippen LogP contribution is -2.52. The number of piperidine rings is 1. The summed E-state index contributed by atoms with van der Waals surface area (Å²) >= 11 is 0. The van der Waals surface area contributed by atoms with Crippen LogP contribution in [0.2, 0.25) is 0 Å². The molecular weight excluding hydrogens is 461 g/mol. The van der Waals surface area contributed by atoms with Gasteiger partial charge in [0.2, 0.25) is 11.8 Å². The molecule has 0 saturated carbocycles. The molecule has 8 nitrogen and oxygen atoms in total. The van der Waals surface area contributed by atoms with Gasteiger partial charge in [-0.05, 0) is 35.1 Å². The summed E-state index contributed by atoms with van der Waals surface area (Å²) in [5.74, 6) is -1.59. The van der Waals surface area contributed by atoms with Crippen LogP contribution in [0.1, 0.15) is 34.3 Å². The zero-order valence-electron chi connectivity index (χ0n) is 19.7. The van der Waals surface area contributed by atoms with E-state index in [-0.39, 0.29) is 31.2 Å². The van der Waals surface area contributed by atoms with E-state index in [1.165, 1.54) is 21.9 Å². The Morgan fingerprint density at radius 2 is 1.83 bits per heavy atom. The molecule has 4 heterocycles. The van der Waals surface area contributed by atoms with Crippen molar-refractivity contribution >= 4 is 34.2 Å². The van der Waals surface area contributed by atoms with Crippen molar-refractivity contribution in [2.75, 3.05) is 31.1 Å². The van der Waals surface area contributed by atoms with Crippen molar-refractivity contribution in [3.05, 3.63) is 71.3 Å². The highest BCUT2D eigenvalue weighted by Crippen LogP contribution is 2.33. The van der Waals surface area contributed by atoms with Gasteiger partial charge in [0.25, 0.3) is 5.91 Å². The van der Waals surface area contributed by atoms with Crippen molar-refractivity contribution in [3.8, 4) is 0 Å². The maximum atomic E-state index is 15.2. The van der Waals surface area contributed by atoms with E-state index in [9.17, 15) is 14.4 Å². The predicted octanol–water partition coefficient (Wildman–Crippen LogP) is 2.46. The molecule has 184 valence electrons. The summed E-state index contributed by atoms with van der Waals surface area (Å²) in [6, 6.07) is 10.6. The number of pyridine rings is 1. The maximum Gasteiger partial charge on any atom is 0.255 e. The fraction of sp³-hybridized carbons (Fsp3) is 0.333. The first-order valence-corrected chi connectivity index (χ1v) is 12.2. The predicted molar refractivity (Wildman–Crippen MR) is 132 cm³/mol. The summed E-state index contributed by atoms with van der Waals surface area (Å²) in [5.41, 5.74) is 2.67. The number of anilines is 1. The highest BCUT2D eigenvalue weighted by atomic mass is 19.1. The van der Waals surface area contributed by atoms with Crippen LogP contribution in [-0.2, 0) is 22.7 Å². The van der Waals surface area contributed by atoms with Gasteiger partial charge in [0, 0.05) is 69.0 Å². The monoisotopic (exact) mass is 487 g/mol. The standard InChI is InChI=1S/C27H26FN5O3/c28-22-12-21-18(16-33(27(21)36)23-5-6-25(34)30-26(23)35)11-24(22)32-9-7-31(8-10-32)15-19-14-29-13-17-3-1-2-4-20(17)19/h1-4,11-14,23H,5-10,15-16H2,(H,30,34,35). The minimum absolute atomic E-state index is 0.190. The Labute approximate surface area is 207 Å². The lowest BCUT2D eigenvalue weighted by atomic mass is 10.0. The van der Waals surface area contributed by atoms with E-state index in [1.54, 1.807) is 6.07 Å². The van der Waals surface area contributed by atoms with Gasteiger partial charge in [-0.2, -0.15) is 0 Å². The number of aromatic nitrogens is 1. The first-order chi connectivity index (χ1) is 17.5. The van der Waals surface area contributed by atoms with Crippen LogP contribution in [-0.4, -0.2) is 64.7 Å². The van der Waals surface area contributed by atoms with Crippen LogP contribution in [0.5, 0.6) is 0 Å². The Kier molecular flexibility index (Phi) is 5.64. The average molecular weight is 488 g/mol. The Balaban J connectivity index is 1.15. The molecule has 3 aromatic rings. The molecule has 1 aromatic heterocycles. The SMILES string of the molecule is O=C1CCC(N2Cc3cc(N4CCN(Cc5cncc6ccccc56)CC4)c(F)cc3C2=O)C(=O)N1. The summed E-state index contributed by atoms with van der Waals surface area (Å²) in [5, 5.41) is 4.62. The van der Waals surface area contributed by atoms with Gasteiger partial charge in [0.1, 0.15) is 11.9 Å². The number of nitrogens with one attached hydrogen (secondary N) is 1. The van der Waals surface area contributed by atoms with E-state index in [4.69, 9.17) is 0 Å². The third-order valence-corrected chi connectivity index (χ3v) is 7.45. The number of amides is 3. The van der Waals surface area contributed by atoms with E-state index >= 15 is 4.39 Å². The van der Waals surface area contributed by atoms with Crippen molar-refractivity contribution in [2.24, 2.45) is 0 Å². The number of rotatable bonds is 4. The Morgan fingerprint density at radius 1 is 1.03 bits per heavy atom. The lowest BCUT2D eigenvalue weighted by molar-refractivity contribution is -0.136. The topological polar surface area (TPSA) is 85.9 Å². The molecule has 6 rings (SSSR count). The smallest absolute Gasteiger partial charge is 0.255 e. The largest absolute Gasteiger partial charge is 0.367 e. The van der Waals surface area contributed by atoms with Crippen LogP contribution in [0, 0.1) is 5.82 Å². The maximum absolute atomic E-state index is 15.2. The molecule has 1 unspecified atom stereocenters. The number of nitrogens with zero attached hydrogens (tertiary/aromatic N) is 4. The van der Waals surface area contributed by atoms with Gasteiger partial charge in [-0.15, -0.1) is 0 Å². The zero-order chi connectivity index (χ0) is 24.8. The van der Waals surface area contributed by atoms with Gasteiger partial charge in [-0.1, -0.05) is 24.3 Å². The molecule has 2 fully saturated rings. The average Bonchev–Trinajstić information content (AvgIpc) is 3.19. The molecule has 1 atom stereocenters. The van der Waals surface area contributed by atoms with Crippen molar-refractivity contribution < 1.29 is 18.8 Å². The van der Waals surface area contributed by atoms with Gasteiger partial charge in [-0.25, -0.2) is 4.39 Å². The Morgan fingerprint density at radius 3 is 2.64 bits per heavy atom. The number of hydrogen-bond donors (Lipinski definition) is 1. The first kappa shape index (κ1) is 22.6. The number of imide groups is 1. The van der Waals surface area contributed by atoms with Gasteiger partial charge in [-0.3, -0.25) is 29.6 Å². The van der Waals surface area contributed by atoms with E-state index in [0.717, 1.165) is 25.0 Å². The normalized spacial score (nSPS) is 20.7. The molecule has 3 aliphatic rings. The summed E-state index contributed by atoms with van der Waals surface area (Å²) in [6.07, 6.45) is 4.27. The minimum Gasteiger partial charge on any atom is -0.367 e. The van der Waals surface area contributed by atoms with E-state index in [2.05, 4.69) is 27.3 Å². The van der Waals surface area contributed by atoms with E-state index in [1.807, 2.05) is 29.4 Å². The summed E-state index contributed by atoms with van der Waals surface area (Å²) < 4.78 is 15.2. The quantitative estimate of drug-likeness (QED) is 0.569. The summed E-state index contributed by atoms with van der Waals surface area (Å²) in [7, 11) is 0. The number of carbonyl (C=O) groups excluding carboxylic acids is 3. The van der Waals surface area contributed by atoms with Crippen LogP contribution < -0.4 is 10.2 Å². The van der Waals surface area contributed by atoms with Gasteiger partial charge in [0.05, 0.1) is 5.69 Å². The van der Waals surface area contributed by atoms with Crippen molar-refractivity contribution in [3.63, 3.8) is 0 Å². The number of benzene rings is 2. The number of hydrogen-bond acceptors (Lipinski definition) is 6. The van der Waals surface area contributed by atoms with Crippen molar-refractivity contribution in [2.45, 2.75) is 32.0 Å². The molecule has 2 aromatic carbocycles. The van der Waals surface area contributed by atoms with Crippen molar-refractivity contribution in [1.29, 1.82) is 0 Å². The Bertz CT molecular complexity index is 1380. The van der Waals surface area contributed by atoms with E-state index in [0.29, 0.717) is 29.9 Å². The van der Waals surface area contributed by atoms with Crippen LogP contribution in [0.4, 0.5) is 10.1 Å². The molecule has 0 aliphatic carbocycles. The lowest BCUT2D eigenvalue weighted by Gasteiger charge is -2.36. The summed E-state index contributed by atoms with van der Waals surface area (Å²) in [6.45, 7) is 3.91. The van der Waals surface area contributed by atoms with Gasteiger partial charge in [0.15, 0.2) is 0 Å². The van der Waals surface area contributed by atoms with Crippen LogP contribution in [0.3, 0.4) is 0 Å². The molecule has 1 N–H and O–H groups in total. The van der Waals surface area contributed by atoms with Crippen LogP contribution >= 0.6 is 0 Å². The number of piperazine rings is 1. The second kappa shape index (κ2) is 8.98. The molecule has 36 heavy (non-hydrogen) atoms. The highest BCUT2D eigenvalue weighted by molar-refractivity contribution is 6.05. The summed E-state index contributed by atoms with van der Waals surface area (Å²) in [4.78, 5) is 46.9. The second-order valence-corrected chi connectivity index (χ2v) is 9.64. The van der Waals surface area contributed by atoms with E-state index < -0.39 is 17.8 Å². The molecule has 2 saturated heterocycles. The molecule has 3 aliphatic heterocycles. The minimum atomic E-state index is -0.707. The Hall–Kier alpha value is -3.85. The molecule has 0 spiro atoms. The first-order valence-electron chi connectivity index (χ1n) is 12.2. The number of fused-ring (bicyclic) bond motifs is 2.